The van der Waals surface area contributed by atoms with Crippen molar-refractivity contribution >= 4 is 0 Å². The van der Waals surface area contributed by atoms with Crippen LogP contribution in [0.2, 0.25) is 0 Å². The van der Waals surface area contributed by atoms with Crippen molar-refractivity contribution < 1.29 is 32.9 Å². The van der Waals surface area contributed by atoms with Crippen LogP contribution in [0.4, 0.5) is 0 Å². The maximum Gasteiger partial charge on any atom is 0.158 e. The fraction of sp³-hybridized carbons (Fsp3) is 0.636. The maximum absolute atomic E-state index is 5.39. The number of quaternary nitrogens is 1. The molecule has 0 amide bonds. The van der Waals surface area contributed by atoms with Crippen LogP contribution >= 0.6 is 0 Å². The third-order valence-corrected chi connectivity index (χ3v) is 3.01. The number of nitrogens with zero attached hydrogens (tertiary/aromatic N) is 1. The minimum absolute atomic E-state index is 0. The van der Waals surface area contributed by atoms with Gasteiger partial charge in [-0.25, -0.2) is 0 Å². The molecule has 0 spiro atoms. The highest BCUT2D eigenvalue weighted by molar-refractivity contribution is 4.96. The molecule has 2 nitrogen and oxygen atoms in total. The highest BCUT2D eigenvalue weighted by Gasteiger charge is 2.25. The van der Waals surface area contributed by atoms with Crippen LogP contribution in [0.3, 0.4) is 0 Å². The number of likely N-dealkylation sites (tertiary alicyclic amines) is 1. The van der Waals surface area contributed by atoms with Gasteiger partial charge in [0.05, 0.1) is 26.4 Å². The molecular weight excluding hydrogens is 289 g/mol. The van der Waals surface area contributed by atoms with Crippen molar-refractivity contribution in [1.29, 1.82) is 0 Å². The zero-order chi connectivity index (χ0) is 9.15. The Kier molecular flexibility index (Phi) is 4.44. The highest BCUT2D eigenvalue weighted by Crippen LogP contribution is 2.20. The first-order valence-corrected chi connectivity index (χ1v) is 5.14. The van der Waals surface area contributed by atoms with Crippen LogP contribution in [0.1, 0.15) is 25.0 Å². The van der Waals surface area contributed by atoms with Crippen molar-refractivity contribution in [3.8, 4) is 0 Å². The number of hydrogen-bond acceptors (Lipinski definition) is 1. The number of rotatable bonds is 2. The summed E-state index contributed by atoms with van der Waals surface area (Å²) in [5, 5.41) is 0. The second-order valence-corrected chi connectivity index (χ2v) is 4.36. The molecule has 0 unspecified atom stereocenters. The van der Waals surface area contributed by atoms with E-state index in [-0.39, 0.29) is 24.0 Å². The summed E-state index contributed by atoms with van der Waals surface area (Å²) in [7, 11) is 2.34. The van der Waals surface area contributed by atoms with E-state index in [4.69, 9.17) is 4.42 Å². The van der Waals surface area contributed by atoms with Gasteiger partial charge < -0.3 is 32.9 Å². The smallest absolute Gasteiger partial charge is 0.158 e. The summed E-state index contributed by atoms with van der Waals surface area (Å²) in [6, 6.07) is 4.06. The minimum atomic E-state index is 0. The molecule has 0 radical (unpaired) electrons. The van der Waals surface area contributed by atoms with E-state index < -0.39 is 0 Å². The highest BCUT2D eigenvalue weighted by atomic mass is 127. The fourth-order valence-corrected chi connectivity index (χ4v) is 2.21. The van der Waals surface area contributed by atoms with Gasteiger partial charge in [0.1, 0.15) is 6.54 Å². The first kappa shape index (κ1) is 12.0. The molecule has 0 aliphatic carbocycles. The fourth-order valence-electron chi connectivity index (χ4n) is 2.21. The summed E-state index contributed by atoms with van der Waals surface area (Å²) in [6.07, 6.45) is 5.92. The van der Waals surface area contributed by atoms with E-state index in [1.165, 1.54) is 32.4 Å². The Morgan fingerprint density at radius 2 is 2.00 bits per heavy atom. The largest absolute Gasteiger partial charge is 1.00 e. The Labute approximate surface area is 103 Å². The zero-order valence-electron chi connectivity index (χ0n) is 8.71. The van der Waals surface area contributed by atoms with Gasteiger partial charge in [-0.05, 0) is 31.4 Å². The van der Waals surface area contributed by atoms with Crippen LogP contribution in [0.25, 0.3) is 0 Å². The van der Waals surface area contributed by atoms with E-state index in [0.717, 1.165) is 16.8 Å². The van der Waals surface area contributed by atoms with E-state index in [9.17, 15) is 0 Å². The Balaban J connectivity index is 0.000000980. The second kappa shape index (κ2) is 5.16. The Bertz CT molecular complexity index is 252. The summed E-state index contributed by atoms with van der Waals surface area (Å²) < 4.78 is 6.55. The van der Waals surface area contributed by atoms with Crippen molar-refractivity contribution in [1.82, 2.24) is 0 Å². The average Bonchev–Trinajstić information content (AvgIpc) is 2.57. The molecule has 1 fully saturated rings. The Hall–Kier alpha value is -0.0300. The monoisotopic (exact) mass is 307 g/mol. The molecule has 0 N–H and O–H groups in total. The average molecular weight is 307 g/mol. The third-order valence-electron chi connectivity index (χ3n) is 3.01. The molecule has 0 atom stereocenters. The number of hydrogen-bond donors (Lipinski definition) is 0. The predicted molar refractivity (Wildman–Crippen MR) is 52.2 cm³/mol. The summed E-state index contributed by atoms with van der Waals surface area (Å²) in [4.78, 5) is 0. The van der Waals surface area contributed by atoms with E-state index >= 15 is 0 Å². The van der Waals surface area contributed by atoms with Crippen molar-refractivity contribution in [3.05, 3.63) is 24.2 Å². The minimum Gasteiger partial charge on any atom is -1.00 e. The molecule has 0 bridgehead atoms. The summed E-state index contributed by atoms with van der Waals surface area (Å²) in [6.45, 7) is 3.68. The SMILES string of the molecule is C[N+]1(Cc2ccco2)CCCCC1.[I-]. The molecule has 1 aromatic rings. The van der Waals surface area contributed by atoms with Crippen LogP contribution in [0, 0.1) is 0 Å². The first-order chi connectivity index (χ1) is 6.29. The summed E-state index contributed by atoms with van der Waals surface area (Å²) in [5.74, 6) is 1.13. The van der Waals surface area contributed by atoms with Gasteiger partial charge in [-0.1, -0.05) is 0 Å². The van der Waals surface area contributed by atoms with Crippen LogP contribution < -0.4 is 24.0 Å². The lowest BCUT2D eigenvalue weighted by molar-refractivity contribution is -0.927. The van der Waals surface area contributed by atoms with Gasteiger partial charge in [0.25, 0.3) is 0 Å². The van der Waals surface area contributed by atoms with Crippen LogP contribution in [-0.4, -0.2) is 24.6 Å². The molecule has 0 saturated carbocycles. The molecule has 0 aromatic carbocycles. The molecule has 2 rings (SSSR count). The molecule has 2 heterocycles. The van der Waals surface area contributed by atoms with E-state index in [0.29, 0.717) is 0 Å². The molecule has 3 heteroatoms. The van der Waals surface area contributed by atoms with Gasteiger partial charge >= 0.3 is 0 Å². The van der Waals surface area contributed by atoms with Gasteiger partial charge in [-0.15, -0.1) is 0 Å². The van der Waals surface area contributed by atoms with Crippen LogP contribution in [0.15, 0.2) is 22.8 Å². The zero-order valence-corrected chi connectivity index (χ0v) is 10.9. The molecule has 14 heavy (non-hydrogen) atoms. The van der Waals surface area contributed by atoms with Crippen LogP contribution in [0.5, 0.6) is 0 Å². The van der Waals surface area contributed by atoms with E-state index in [1.54, 1.807) is 6.26 Å². The van der Waals surface area contributed by atoms with Crippen molar-refractivity contribution in [2.45, 2.75) is 25.8 Å². The standard InChI is InChI=1S/C11H18NO.HI/c1-12(7-3-2-4-8-12)10-11-6-5-9-13-11;/h5-6,9H,2-4,7-8,10H2,1H3;1H/q+1;/p-1. The van der Waals surface area contributed by atoms with Crippen LogP contribution in [-0.2, 0) is 6.54 Å². The van der Waals surface area contributed by atoms with Gasteiger partial charge in [-0.3, -0.25) is 0 Å². The lowest BCUT2D eigenvalue weighted by Gasteiger charge is -2.36. The quantitative estimate of drug-likeness (QED) is 0.526. The third kappa shape index (κ3) is 2.98. The topological polar surface area (TPSA) is 13.1 Å². The van der Waals surface area contributed by atoms with Crippen molar-refractivity contribution in [3.63, 3.8) is 0 Å². The molecule has 1 aliphatic heterocycles. The normalized spacial score (nSPS) is 20.1. The Morgan fingerprint density at radius 3 is 2.57 bits per heavy atom. The maximum atomic E-state index is 5.39. The molecule has 1 aliphatic rings. The lowest BCUT2D eigenvalue weighted by atomic mass is 10.1. The molecular formula is C11H18INO. The summed E-state index contributed by atoms with van der Waals surface area (Å²) in [5.41, 5.74) is 0. The van der Waals surface area contributed by atoms with Crippen molar-refractivity contribution in [2.75, 3.05) is 20.1 Å². The number of halogens is 1. The van der Waals surface area contributed by atoms with E-state index in [2.05, 4.69) is 13.1 Å². The number of furan rings is 1. The lowest BCUT2D eigenvalue weighted by Crippen LogP contribution is -3.00. The van der Waals surface area contributed by atoms with Gasteiger partial charge in [-0.2, -0.15) is 0 Å². The van der Waals surface area contributed by atoms with E-state index in [1.807, 2.05) is 6.07 Å². The number of piperidine rings is 1. The Morgan fingerprint density at radius 1 is 1.29 bits per heavy atom. The van der Waals surface area contributed by atoms with Crippen molar-refractivity contribution in [2.24, 2.45) is 0 Å². The molecule has 80 valence electrons. The second-order valence-electron chi connectivity index (χ2n) is 4.36. The summed E-state index contributed by atoms with van der Waals surface area (Å²) >= 11 is 0. The molecule has 1 aromatic heterocycles. The molecule has 1 saturated heterocycles. The van der Waals surface area contributed by atoms with Gasteiger partial charge in [0.15, 0.2) is 5.76 Å². The van der Waals surface area contributed by atoms with Gasteiger partial charge in [0, 0.05) is 0 Å². The van der Waals surface area contributed by atoms with Gasteiger partial charge in [0.2, 0.25) is 0 Å². The predicted octanol–water partition coefficient (Wildman–Crippen LogP) is -0.586. The first-order valence-electron chi connectivity index (χ1n) is 5.14.